The van der Waals surface area contributed by atoms with Crippen molar-refractivity contribution in [2.75, 3.05) is 51.2 Å². The summed E-state index contributed by atoms with van der Waals surface area (Å²) in [6.45, 7) is 5.23. The molecule has 0 saturated carbocycles. The fourth-order valence-electron chi connectivity index (χ4n) is 3.39. The molecule has 148 valence electrons. The predicted octanol–water partition coefficient (Wildman–Crippen LogP) is 1.83. The number of thiocarbonyl (C=S) groups is 1. The third kappa shape index (κ3) is 6.41. The van der Waals surface area contributed by atoms with E-state index >= 15 is 0 Å². The van der Waals surface area contributed by atoms with Crippen molar-refractivity contribution in [1.82, 2.24) is 15.1 Å². The van der Waals surface area contributed by atoms with E-state index < -0.39 is 0 Å². The van der Waals surface area contributed by atoms with Crippen molar-refractivity contribution in [2.24, 2.45) is 0 Å². The van der Waals surface area contributed by atoms with Crippen LogP contribution in [-0.2, 0) is 9.53 Å². The van der Waals surface area contributed by atoms with Crippen molar-refractivity contribution < 1.29 is 13.9 Å². The van der Waals surface area contributed by atoms with Crippen LogP contribution >= 0.6 is 12.2 Å². The predicted molar refractivity (Wildman–Crippen MR) is 107 cm³/mol. The van der Waals surface area contributed by atoms with Crippen LogP contribution in [0, 0.1) is 5.82 Å². The number of carbonyl (C=O) groups is 1. The maximum absolute atomic E-state index is 12.9. The second-order valence-corrected chi connectivity index (χ2v) is 7.38. The molecule has 2 aliphatic rings. The van der Waals surface area contributed by atoms with E-state index in [0.29, 0.717) is 12.2 Å². The zero-order valence-electron chi connectivity index (χ0n) is 15.5. The molecule has 6 nitrogen and oxygen atoms in total. The Labute approximate surface area is 165 Å². The minimum atomic E-state index is -0.315. The Balaban J connectivity index is 1.40. The highest BCUT2D eigenvalue weighted by molar-refractivity contribution is 7.80. The number of amides is 1. The minimum absolute atomic E-state index is 0.0888. The van der Waals surface area contributed by atoms with Gasteiger partial charge in [-0.15, -0.1) is 0 Å². The van der Waals surface area contributed by atoms with Gasteiger partial charge in [-0.2, -0.15) is 0 Å². The van der Waals surface area contributed by atoms with Crippen LogP contribution in [0.3, 0.4) is 0 Å². The highest BCUT2D eigenvalue weighted by Gasteiger charge is 2.20. The maximum atomic E-state index is 12.9. The molecule has 1 atom stereocenters. The van der Waals surface area contributed by atoms with Crippen molar-refractivity contribution in [1.29, 1.82) is 0 Å². The van der Waals surface area contributed by atoms with Crippen LogP contribution in [0.4, 0.5) is 10.1 Å². The van der Waals surface area contributed by atoms with Gasteiger partial charge in [-0.25, -0.2) is 4.39 Å². The van der Waals surface area contributed by atoms with Crippen molar-refractivity contribution >= 4 is 28.9 Å². The lowest BCUT2D eigenvalue weighted by molar-refractivity contribution is -0.117. The Bertz CT molecular complexity index is 637. The molecule has 1 amide bonds. The van der Waals surface area contributed by atoms with Crippen LogP contribution in [0.2, 0.25) is 0 Å². The molecule has 2 heterocycles. The fraction of sp³-hybridized carbons (Fsp3) is 0.579. The first-order chi connectivity index (χ1) is 13.1. The van der Waals surface area contributed by atoms with Gasteiger partial charge in [0.2, 0.25) is 5.91 Å². The smallest absolute Gasteiger partial charge is 0.238 e. The first-order valence-corrected chi connectivity index (χ1v) is 9.93. The van der Waals surface area contributed by atoms with Crippen LogP contribution in [0.5, 0.6) is 0 Å². The molecule has 1 aromatic rings. The van der Waals surface area contributed by atoms with Crippen LogP contribution in [0.1, 0.15) is 19.3 Å². The van der Waals surface area contributed by atoms with Gasteiger partial charge in [0.05, 0.1) is 12.6 Å². The van der Waals surface area contributed by atoms with E-state index in [9.17, 15) is 9.18 Å². The molecule has 0 aliphatic carbocycles. The Morgan fingerprint density at radius 2 is 2.00 bits per heavy atom. The summed E-state index contributed by atoms with van der Waals surface area (Å²) in [5.41, 5.74) is 0.609. The Morgan fingerprint density at radius 1 is 1.19 bits per heavy atom. The Kier molecular flexibility index (Phi) is 7.37. The zero-order chi connectivity index (χ0) is 19.1. The summed E-state index contributed by atoms with van der Waals surface area (Å²) in [5.74, 6) is -0.404. The van der Waals surface area contributed by atoms with Gasteiger partial charge in [0.25, 0.3) is 0 Å². The van der Waals surface area contributed by atoms with Crippen molar-refractivity contribution in [3.8, 4) is 0 Å². The van der Waals surface area contributed by atoms with Gasteiger partial charge in [0, 0.05) is 45.0 Å². The molecule has 0 aromatic heterocycles. The number of ether oxygens (including phenoxy) is 1. The SMILES string of the molecule is O=C(CN1CCCN(C(=S)NCC2CCCO2)CC1)Nc1ccc(F)cc1. The topological polar surface area (TPSA) is 56.8 Å². The number of rotatable bonds is 5. The third-order valence-electron chi connectivity index (χ3n) is 4.88. The van der Waals surface area contributed by atoms with Gasteiger partial charge in [-0.1, -0.05) is 0 Å². The molecule has 1 unspecified atom stereocenters. The molecule has 2 N–H and O–H groups in total. The summed E-state index contributed by atoms with van der Waals surface area (Å²) in [7, 11) is 0. The quantitative estimate of drug-likeness (QED) is 0.743. The average molecular weight is 395 g/mol. The molecule has 3 rings (SSSR count). The number of carbonyl (C=O) groups excluding carboxylic acids is 1. The Hall–Kier alpha value is -1.77. The summed E-state index contributed by atoms with van der Waals surface area (Å²) in [6, 6.07) is 5.80. The lowest BCUT2D eigenvalue weighted by Gasteiger charge is -2.25. The molecule has 2 aliphatic heterocycles. The highest BCUT2D eigenvalue weighted by atomic mass is 32.1. The van der Waals surface area contributed by atoms with Crippen molar-refractivity contribution in [3.63, 3.8) is 0 Å². The van der Waals surface area contributed by atoms with Gasteiger partial charge >= 0.3 is 0 Å². The van der Waals surface area contributed by atoms with Crippen LogP contribution in [-0.4, -0.2) is 72.8 Å². The van der Waals surface area contributed by atoms with Gasteiger partial charge in [0.1, 0.15) is 5.82 Å². The second-order valence-electron chi connectivity index (χ2n) is 6.99. The molecular formula is C19H27FN4O2S. The van der Waals surface area contributed by atoms with E-state index in [-0.39, 0.29) is 17.8 Å². The molecule has 0 radical (unpaired) electrons. The third-order valence-corrected chi connectivity index (χ3v) is 5.28. The molecule has 27 heavy (non-hydrogen) atoms. The first-order valence-electron chi connectivity index (χ1n) is 9.52. The lowest BCUT2D eigenvalue weighted by atomic mass is 10.2. The number of nitrogens with zero attached hydrogens (tertiary/aromatic N) is 2. The van der Waals surface area contributed by atoms with E-state index in [4.69, 9.17) is 17.0 Å². The summed E-state index contributed by atoms with van der Waals surface area (Å²) in [5, 5.41) is 6.90. The van der Waals surface area contributed by atoms with Crippen molar-refractivity contribution in [2.45, 2.75) is 25.4 Å². The number of anilines is 1. The number of hydrogen-bond donors (Lipinski definition) is 2. The van der Waals surface area contributed by atoms with Crippen LogP contribution in [0.25, 0.3) is 0 Å². The molecule has 2 saturated heterocycles. The molecule has 2 fully saturated rings. The van der Waals surface area contributed by atoms with Gasteiger partial charge in [-0.05, 0) is 55.7 Å². The van der Waals surface area contributed by atoms with Gasteiger partial charge in [-0.3, -0.25) is 9.69 Å². The minimum Gasteiger partial charge on any atom is -0.376 e. The van der Waals surface area contributed by atoms with Gasteiger partial charge < -0.3 is 20.3 Å². The molecular weight excluding hydrogens is 367 g/mol. The van der Waals surface area contributed by atoms with Crippen LogP contribution in [0.15, 0.2) is 24.3 Å². The summed E-state index contributed by atoms with van der Waals surface area (Å²) < 4.78 is 18.6. The second kappa shape index (κ2) is 9.96. The number of nitrogens with one attached hydrogen (secondary N) is 2. The van der Waals surface area contributed by atoms with Gasteiger partial charge in [0.15, 0.2) is 5.11 Å². The maximum Gasteiger partial charge on any atom is 0.238 e. The van der Waals surface area contributed by atoms with Crippen LogP contribution < -0.4 is 10.6 Å². The highest BCUT2D eigenvalue weighted by Crippen LogP contribution is 2.11. The summed E-state index contributed by atoms with van der Waals surface area (Å²) in [4.78, 5) is 16.5. The zero-order valence-corrected chi connectivity index (χ0v) is 16.3. The largest absolute Gasteiger partial charge is 0.376 e. The number of hydrogen-bond acceptors (Lipinski definition) is 4. The van der Waals surface area contributed by atoms with E-state index in [1.807, 2.05) is 0 Å². The summed E-state index contributed by atoms with van der Waals surface area (Å²) >= 11 is 5.52. The Morgan fingerprint density at radius 3 is 2.74 bits per heavy atom. The summed E-state index contributed by atoms with van der Waals surface area (Å²) in [6.07, 6.45) is 3.43. The van der Waals surface area contributed by atoms with E-state index in [2.05, 4.69) is 20.4 Å². The van der Waals surface area contributed by atoms with E-state index in [0.717, 1.165) is 63.7 Å². The molecule has 1 aromatic carbocycles. The number of halogens is 1. The standard InChI is InChI=1S/C19H27FN4O2S/c20-15-4-6-16(7-5-15)22-18(25)14-23-8-2-9-24(11-10-23)19(27)21-13-17-3-1-12-26-17/h4-7,17H,1-3,8-14H2,(H,21,27)(H,22,25). The fourth-order valence-corrected chi connectivity index (χ4v) is 3.65. The molecule has 0 spiro atoms. The monoisotopic (exact) mass is 394 g/mol. The molecule has 0 bridgehead atoms. The van der Waals surface area contributed by atoms with E-state index in [1.165, 1.54) is 12.1 Å². The normalized spacial score (nSPS) is 20.9. The first kappa shape index (κ1) is 20.0. The molecule has 8 heteroatoms. The average Bonchev–Trinajstić information content (AvgIpc) is 3.07. The lowest BCUT2D eigenvalue weighted by Crippen LogP contribution is -2.44. The number of benzene rings is 1. The van der Waals surface area contributed by atoms with Crippen molar-refractivity contribution in [3.05, 3.63) is 30.1 Å². The van der Waals surface area contributed by atoms with E-state index in [1.54, 1.807) is 12.1 Å².